The number of hydrogen-bond acceptors (Lipinski definition) is 4. The fraction of sp³-hybridized carbons (Fsp3) is 0.941. The Hall–Kier alpha value is -0.0700. The predicted octanol–water partition coefficient (Wildman–Crippen LogP) is 2.04. The topological polar surface area (TPSA) is 69.8 Å². The number of amides is 1. The van der Waals surface area contributed by atoms with Gasteiger partial charge in [-0.3, -0.25) is 9.69 Å². The first-order valence-corrected chi connectivity index (χ1v) is 8.86. The number of carbonyl (C=O) groups excluding carboxylic acids is 1. The number of rotatable bonds is 5. The molecule has 144 valence electrons. The zero-order valence-electron chi connectivity index (χ0n) is 15.1. The number of aliphatic hydroxyl groups excluding tert-OH is 1. The molecule has 0 aromatic heterocycles. The van der Waals surface area contributed by atoms with Crippen LogP contribution in [0, 0.1) is 5.41 Å². The Morgan fingerprint density at radius 1 is 1.25 bits per heavy atom. The summed E-state index contributed by atoms with van der Waals surface area (Å²) in [6, 6.07) is 0.312. The SMILES string of the molecule is CC(O)CN1CCN(C(=O)CC2(CN)CCCCC2)CC1C.Cl.Cl. The minimum atomic E-state index is -0.313. The molecule has 1 aliphatic carbocycles. The van der Waals surface area contributed by atoms with E-state index in [9.17, 15) is 9.90 Å². The number of nitrogens with zero attached hydrogens (tertiary/aromatic N) is 2. The minimum Gasteiger partial charge on any atom is -0.392 e. The Labute approximate surface area is 159 Å². The van der Waals surface area contributed by atoms with Crippen molar-refractivity contribution in [3.05, 3.63) is 0 Å². The van der Waals surface area contributed by atoms with Gasteiger partial charge in [0.25, 0.3) is 0 Å². The quantitative estimate of drug-likeness (QED) is 0.761. The van der Waals surface area contributed by atoms with Crippen LogP contribution in [0.3, 0.4) is 0 Å². The maximum absolute atomic E-state index is 12.7. The second kappa shape index (κ2) is 10.8. The summed E-state index contributed by atoms with van der Waals surface area (Å²) in [4.78, 5) is 17.0. The number of β-amino-alcohol motifs (C(OH)–C–C–N with tert-alkyl or cyclic N) is 1. The molecule has 0 radical (unpaired) electrons. The van der Waals surface area contributed by atoms with Crippen molar-refractivity contribution in [1.29, 1.82) is 0 Å². The number of halogens is 2. The summed E-state index contributed by atoms with van der Waals surface area (Å²) >= 11 is 0. The van der Waals surface area contributed by atoms with Gasteiger partial charge in [-0.25, -0.2) is 0 Å². The van der Waals surface area contributed by atoms with Crippen LogP contribution >= 0.6 is 24.8 Å². The molecule has 0 bridgehead atoms. The fourth-order valence-corrected chi connectivity index (χ4v) is 4.02. The second-order valence-electron chi connectivity index (χ2n) is 7.47. The molecule has 7 heteroatoms. The van der Waals surface area contributed by atoms with E-state index in [1.807, 2.05) is 11.8 Å². The molecule has 1 saturated heterocycles. The molecule has 1 aliphatic heterocycles. The van der Waals surface area contributed by atoms with Gasteiger partial charge in [-0.15, -0.1) is 24.8 Å². The Morgan fingerprint density at radius 2 is 1.88 bits per heavy atom. The molecule has 1 saturated carbocycles. The van der Waals surface area contributed by atoms with Crippen LogP contribution in [0.2, 0.25) is 0 Å². The third-order valence-electron chi connectivity index (χ3n) is 5.49. The first kappa shape index (κ1) is 23.9. The lowest BCUT2D eigenvalue weighted by Gasteiger charge is -2.42. The fourth-order valence-electron chi connectivity index (χ4n) is 4.02. The van der Waals surface area contributed by atoms with Gasteiger partial charge in [0.05, 0.1) is 6.10 Å². The number of nitrogens with two attached hydrogens (primary N) is 1. The molecule has 0 aromatic rings. The van der Waals surface area contributed by atoms with E-state index in [0.29, 0.717) is 25.6 Å². The zero-order valence-corrected chi connectivity index (χ0v) is 16.7. The summed E-state index contributed by atoms with van der Waals surface area (Å²) in [5, 5.41) is 9.54. The maximum Gasteiger partial charge on any atom is 0.223 e. The van der Waals surface area contributed by atoms with E-state index >= 15 is 0 Å². The normalized spacial score (nSPS) is 25.3. The highest BCUT2D eigenvalue weighted by Gasteiger charge is 2.36. The van der Waals surface area contributed by atoms with Gasteiger partial charge in [-0.05, 0) is 38.6 Å². The first-order chi connectivity index (χ1) is 10.5. The van der Waals surface area contributed by atoms with Crippen molar-refractivity contribution >= 4 is 30.7 Å². The average Bonchev–Trinajstić information content (AvgIpc) is 2.49. The third-order valence-corrected chi connectivity index (χ3v) is 5.49. The third kappa shape index (κ3) is 6.34. The van der Waals surface area contributed by atoms with Crippen LogP contribution in [0.5, 0.6) is 0 Å². The molecule has 2 fully saturated rings. The number of piperazine rings is 1. The molecule has 3 N–H and O–H groups in total. The van der Waals surface area contributed by atoms with E-state index in [-0.39, 0.29) is 42.2 Å². The van der Waals surface area contributed by atoms with Crippen LogP contribution in [-0.2, 0) is 4.79 Å². The van der Waals surface area contributed by atoms with E-state index in [1.54, 1.807) is 0 Å². The van der Waals surface area contributed by atoms with Gasteiger partial charge in [-0.1, -0.05) is 19.3 Å². The van der Waals surface area contributed by atoms with Gasteiger partial charge in [0.1, 0.15) is 0 Å². The second-order valence-corrected chi connectivity index (χ2v) is 7.47. The monoisotopic (exact) mass is 383 g/mol. The van der Waals surface area contributed by atoms with E-state index < -0.39 is 0 Å². The van der Waals surface area contributed by atoms with Crippen molar-refractivity contribution in [2.45, 2.75) is 64.5 Å². The molecule has 0 spiro atoms. The predicted molar refractivity (Wildman–Crippen MR) is 103 cm³/mol. The largest absolute Gasteiger partial charge is 0.392 e. The Morgan fingerprint density at radius 3 is 2.38 bits per heavy atom. The number of aliphatic hydroxyl groups is 1. The molecule has 1 amide bonds. The molecular formula is C17H35Cl2N3O2. The van der Waals surface area contributed by atoms with Crippen LogP contribution < -0.4 is 5.73 Å². The van der Waals surface area contributed by atoms with Crippen LogP contribution in [0.1, 0.15) is 52.4 Å². The van der Waals surface area contributed by atoms with E-state index in [4.69, 9.17) is 5.73 Å². The zero-order chi connectivity index (χ0) is 16.2. The van der Waals surface area contributed by atoms with Crippen molar-refractivity contribution < 1.29 is 9.90 Å². The average molecular weight is 384 g/mol. The van der Waals surface area contributed by atoms with Gasteiger partial charge < -0.3 is 15.7 Å². The Bertz CT molecular complexity index is 377. The molecule has 2 rings (SSSR count). The summed E-state index contributed by atoms with van der Waals surface area (Å²) in [5.41, 5.74) is 6.06. The van der Waals surface area contributed by atoms with Crippen LogP contribution in [0.4, 0.5) is 0 Å². The molecule has 0 aromatic carbocycles. The molecule has 24 heavy (non-hydrogen) atoms. The molecule has 2 aliphatic rings. The standard InChI is InChI=1S/C17H33N3O2.2ClH/c1-14-11-20(9-8-19(14)12-15(2)21)16(22)10-17(13-18)6-4-3-5-7-17;;/h14-15,21H,3-13,18H2,1-2H3;2*1H. The Balaban J connectivity index is 0.00000264. The summed E-state index contributed by atoms with van der Waals surface area (Å²) in [7, 11) is 0. The maximum atomic E-state index is 12.7. The smallest absolute Gasteiger partial charge is 0.223 e. The highest BCUT2D eigenvalue weighted by atomic mass is 35.5. The highest BCUT2D eigenvalue weighted by Crippen LogP contribution is 2.38. The summed E-state index contributed by atoms with van der Waals surface area (Å²) < 4.78 is 0. The molecule has 2 atom stereocenters. The van der Waals surface area contributed by atoms with Gasteiger partial charge in [-0.2, -0.15) is 0 Å². The minimum absolute atomic E-state index is 0. The van der Waals surface area contributed by atoms with Gasteiger partial charge >= 0.3 is 0 Å². The van der Waals surface area contributed by atoms with Crippen molar-refractivity contribution in [3.63, 3.8) is 0 Å². The number of hydrogen-bond donors (Lipinski definition) is 2. The van der Waals surface area contributed by atoms with Crippen LogP contribution in [0.15, 0.2) is 0 Å². The summed E-state index contributed by atoms with van der Waals surface area (Å²) in [6.45, 7) is 7.68. The van der Waals surface area contributed by atoms with Gasteiger partial charge in [0, 0.05) is 38.6 Å². The highest BCUT2D eigenvalue weighted by molar-refractivity contribution is 5.85. The Kier molecular flexibility index (Phi) is 10.8. The first-order valence-electron chi connectivity index (χ1n) is 8.86. The van der Waals surface area contributed by atoms with E-state index in [2.05, 4.69) is 11.8 Å². The van der Waals surface area contributed by atoms with Gasteiger partial charge in [0.2, 0.25) is 5.91 Å². The van der Waals surface area contributed by atoms with E-state index in [0.717, 1.165) is 32.5 Å². The molecule has 2 unspecified atom stereocenters. The van der Waals surface area contributed by atoms with Crippen molar-refractivity contribution in [2.24, 2.45) is 11.1 Å². The molecular weight excluding hydrogens is 349 g/mol. The van der Waals surface area contributed by atoms with Crippen molar-refractivity contribution in [3.8, 4) is 0 Å². The van der Waals surface area contributed by atoms with Crippen molar-refractivity contribution in [1.82, 2.24) is 9.80 Å². The van der Waals surface area contributed by atoms with Crippen LogP contribution in [0.25, 0.3) is 0 Å². The van der Waals surface area contributed by atoms with Crippen LogP contribution in [-0.4, -0.2) is 65.7 Å². The van der Waals surface area contributed by atoms with Gasteiger partial charge in [0.15, 0.2) is 0 Å². The number of carbonyl (C=O) groups is 1. The van der Waals surface area contributed by atoms with E-state index in [1.165, 1.54) is 19.3 Å². The van der Waals surface area contributed by atoms with Crippen molar-refractivity contribution in [2.75, 3.05) is 32.7 Å². The summed E-state index contributed by atoms with van der Waals surface area (Å²) in [6.07, 6.45) is 6.22. The summed E-state index contributed by atoms with van der Waals surface area (Å²) in [5.74, 6) is 0.274. The lowest BCUT2D eigenvalue weighted by molar-refractivity contribution is -0.137. The lowest BCUT2D eigenvalue weighted by Crippen LogP contribution is -2.55. The molecule has 5 nitrogen and oxygen atoms in total. The lowest BCUT2D eigenvalue weighted by atomic mass is 9.71. The molecule has 1 heterocycles.